The summed E-state index contributed by atoms with van der Waals surface area (Å²) in [4.78, 5) is 15.4. The summed E-state index contributed by atoms with van der Waals surface area (Å²) in [6, 6.07) is 13.3. The minimum atomic E-state index is -0.155. The Morgan fingerprint density at radius 1 is 1.20 bits per heavy atom. The number of para-hydroxylation sites is 1. The summed E-state index contributed by atoms with van der Waals surface area (Å²) >= 11 is 0. The first-order valence-electron chi connectivity index (χ1n) is 6.36. The number of ether oxygens (including phenoxy) is 1. The van der Waals surface area contributed by atoms with Crippen molar-refractivity contribution in [3.63, 3.8) is 0 Å². The molecule has 2 rings (SSSR count). The number of hydrogen-bond donors (Lipinski definition) is 2. The molecule has 0 bridgehead atoms. The molecule has 1 aromatic heterocycles. The number of carbonyl (C=O) groups excluding carboxylic acids is 1. The van der Waals surface area contributed by atoms with E-state index in [9.17, 15) is 4.79 Å². The normalized spacial score (nSPS) is 9.85. The van der Waals surface area contributed by atoms with Gasteiger partial charge in [0.2, 0.25) is 0 Å². The largest absolute Gasteiger partial charge is 0.483 e. The minimum Gasteiger partial charge on any atom is -0.483 e. The van der Waals surface area contributed by atoms with Gasteiger partial charge in [0, 0.05) is 25.4 Å². The van der Waals surface area contributed by atoms with Crippen molar-refractivity contribution in [1.82, 2.24) is 10.3 Å². The van der Waals surface area contributed by atoms with E-state index in [-0.39, 0.29) is 12.5 Å². The number of rotatable bonds is 6. The Bertz CT molecular complexity index is 558. The third-order valence-electron chi connectivity index (χ3n) is 2.74. The predicted octanol–water partition coefficient (Wildman–Crippen LogP) is 1.82. The predicted molar refractivity (Wildman–Crippen MR) is 77.6 cm³/mol. The van der Waals surface area contributed by atoms with E-state index in [2.05, 4.69) is 15.6 Å². The number of benzene rings is 1. The lowest BCUT2D eigenvalue weighted by Crippen LogP contribution is -2.25. The van der Waals surface area contributed by atoms with Gasteiger partial charge >= 0.3 is 0 Å². The van der Waals surface area contributed by atoms with Crippen molar-refractivity contribution in [3.05, 3.63) is 54.2 Å². The average molecular weight is 271 g/mol. The zero-order valence-electron chi connectivity index (χ0n) is 11.3. The van der Waals surface area contributed by atoms with Crippen LogP contribution in [0.25, 0.3) is 0 Å². The van der Waals surface area contributed by atoms with Crippen molar-refractivity contribution in [1.29, 1.82) is 0 Å². The molecule has 0 radical (unpaired) electrons. The van der Waals surface area contributed by atoms with Gasteiger partial charge in [-0.25, -0.2) is 4.98 Å². The molecule has 0 unspecified atom stereocenters. The molecule has 0 aliphatic rings. The fourth-order valence-corrected chi connectivity index (χ4v) is 1.66. The molecular formula is C15H17N3O2. The SMILES string of the molecule is CNC(=O)COc1ccccc1CNc1ccccn1. The number of carbonyl (C=O) groups is 1. The molecule has 0 spiro atoms. The molecule has 0 atom stereocenters. The average Bonchev–Trinajstić information content (AvgIpc) is 2.52. The first-order valence-corrected chi connectivity index (χ1v) is 6.36. The molecule has 1 amide bonds. The van der Waals surface area contributed by atoms with Crippen LogP contribution in [0.3, 0.4) is 0 Å². The Morgan fingerprint density at radius 3 is 2.75 bits per heavy atom. The highest BCUT2D eigenvalue weighted by Crippen LogP contribution is 2.18. The third-order valence-corrected chi connectivity index (χ3v) is 2.74. The van der Waals surface area contributed by atoms with Gasteiger partial charge in [0.15, 0.2) is 6.61 Å². The highest BCUT2D eigenvalue weighted by molar-refractivity contribution is 5.77. The topological polar surface area (TPSA) is 63.2 Å². The Labute approximate surface area is 118 Å². The van der Waals surface area contributed by atoms with Gasteiger partial charge in [-0.3, -0.25) is 4.79 Å². The fourth-order valence-electron chi connectivity index (χ4n) is 1.66. The third kappa shape index (κ3) is 3.98. The quantitative estimate of drug-likeness (QED) is 0.841. The molecule has 0 aliphatic heterocycles. The highest BCUT2D eigenvalue weighted by atomic mass is 16.5. The Balaban J connectivity index is 1.98. The molecule has 1 aromatic carbocycles. The summed E-state index contributed by atoms with van der Waals surface area (Å²) in [6.07, 6.45) is 1.73. The summed E-state index contributed by atoms with van der Waals surface area (Å²) in [5.74, 6) is 1.34. The molecule has 2 N–H and O–H groups in total. The van der Waals surface area contributed by atoms with Crippen LogP contribution in [-0.4, -0.2) is 24.5 Å². The van der Waals surface area contributed by atoms with E-state index >= 15 is 0 Å². The maximum Gasteiger partial charge on any atom is 0.257 e. The number of nitrogens with one attached hydrogen (secondary N) is 2. The van der Waals surface area contributed by atoms with Gasteiger partial charge in [-0.05, 0) is 18.2 Å². The summed E-state index contributed by atoms with van der Waals surface area (Å²) in [6.45, 7) is 0.595. The van der Waals surface area contributed by atoms with E-state index < -0.39 is 0 Å². The Hall–Kier alpha value is -2.56. The van der Waals surface area contributed by atoms with Gasteiger partial charge in [-0.2, -0.15) is 0 Å². The van der Waals surface area contributed by atoms with E-state index in [0.29, 0.717) is 12.3 Å². The van der Waals surface area contributed by atoms with Gasteiger partial charge in [-0.1, -0.05) is 24.3 Å². The summed E-state index contributed by atoms with van der Waals surface area (Å²) in [5.41, 5.74) is 0.974. The van der Waals surface area contributed by atoms with E-state index in [1.165, 1.54) is 0 Å². The molecule has 104 valence electrons. The van der Waals surface area contributed by atoms with E-state index in [1.807, 2.05) is 42.5 Å². The molecule has 20 heavy (non-hydrogen) atoms. The maximum atomic E-state index is 11.2. The van der Waals surface area contributed by atoms with Crippen LogP contribution in [-0.2, 0) is 11.3 Å². The van der Waals surface area contributed by atoms with Gasteiger partial charge in [0.1, 0.15) is 11.6 Å². The number of pyridine rings is 1. The Kier molecular flexibility index (Phi) is 4.94. The number of likely N-dealkylation sites (N-methyl/N-ethyl adjacent to an activating group) is 1. The van der Waals surface area contributed by atoms with E-state index in [1.54, 1.807) is 13.2 Å². The van der Waals surface area contributed by atoms with Gasteiger partial charge < -0.3 is 15.4 Å². The summed E-state index contributed by atoms with van der Waals surface area (Å²) < 4.78 is 5.51. The lowest BCUT2D eigenvalue weighted by atomic mass is 10.2. The molecule has 5 nitrogen and oxygen atoms in total. The number of nitrogens with zero attached hydrogens (tertiary/aromatic N) is 1. The van der Waals surface area contributed by atoms with Crippen LogP contribution in [0.2, 0.25) is 0 Å². The zero-order chi connectivity index (χ0) is 14.2. The molecule has 0 saturated carbocycles. The van der Waals surface area contributed by atoms with Crippen molar-refractivity contribution in [2.24, 2.45) is 0 Å². The first kappa shape index (κ1) is 13.9. The van der Waals surface area contributed by atoms with Gasteiger partial charge in [0.25, 0.3) is 5.91 Å². The van der Waals surface area contributed by atoms with Crippen LogP contribution in [0.1, 0.15) is 5.56 Å². The lowest BCUT2D eigenvalue weighted by molar-refractivity contribution is -0.122. The van der Waals surface area contributed by atoms with Crippen molar-refractivity contribution < 1.29 is 9.53 Å². The fraction of sp³-hybridized carbons (Fsp3) is 0.200. The molecule has 2 aromatic rings. The standard InChI is InChI=1S/C15H17N3O2/c1-16-15(19)11-20-13-7-3-2-6-12(13)10-18-14-8-4-5-9-17-14/h2-9H,10-11H2,1H3,(H,16,19)(H,17,18). The molecular weight excluding hydrogens is 254 g/mol. The zero-order valence-corrected chi connectivity index (χ0v) is 11.3. The molecule has 0 saturated heterocycles. The number of aromatic nitrogens is 1. The molecule has 0 aliphatic carbocycles. The molecule has 1 heterocycles. The van der Waals surface area contributed by atoms with Crippen molar-refractivity contribution in [3.8, 4) is 5.75 Å². The minimum absolute atomic E-state index is 0.0110. The van der Waals surface area contributed by atoms with Crippen LogP contribution in [0, 0.1) is 0 Å². The lowest BCUT2D eigenvalue weighted by Gasteiger charge is -2.11. The maximum absolute atomic E-state index is 11.2. The molecule has 0 fully saturated rings. The number of anilines is 1. The molecule has 5 heteroatoms. The number of amides is 1. The summed E-state index contributed by atoms with van der Waals surface area (Å²) in [7, 11) is 1.58. The number of hydrogen-bond acceptors (Lipinski definition) is 4. The van der Waals surface area contributed by atoms with Crippen LogP contribution < -0.4 is 15.4 Å². The Morgan fingerprint density at radius 2 is 2.00 bits per heavy atom. The second kappa shape index (κ2) is 7.13. The monoisotopic (exact) mass is 271 g/mol. The van der Waals surface area contributed by atoms with Gasteiger partial charge in [-0.15, -0.1) is 0 Å². The highest BCUT2D eigenvalue weighted by Gasteiger charge is 2.05. The van der Waals surface area contributed by atoms with E-state index in [4.69, 9.17) is 4.74 Å². The second-order valence-corrected chi connectivity index (χ2v) is 4.14. The van der Waals surface area contributed by atoms with Crippen LogP contribution in [0.4, 0.5) is 5.82 Å². The van der Waals surface area contributed by atoms with Crippen molar-refractivity contribution >= 4 is 11.7 Å². The van der Waals surface area contributed by atoms with Crippen LogP contribution in [0.15, 0.2) is 48.7 Å². The van der Waals surface area contributed by atoms with Crippen LogP contribution >= 0.6 is 0 Å². The van der Waals surface area contributed by atoms with E-state index in [0.717, 1.165) is 11.4 Å². The second-order valence-electron chi connectivity index (χ2n) is 4.14. The first-order chi connectivity index (χ1) is 9.79. The van der Waals surface area contributed by atoms with Crippen LogP contribution in [0.5, 0.6) is 5.75 Å². The smallest absolute Gasteiger partial charge is 0.257 e. The van der Waals surface area contributed by atoms with Crippen molar-refractivity contribution in [2.75, 3.05) is 19.0 Å². The van der Waals surface area contributed by atoms with Crippen molar-refractivity contribution in [2.45, 2.75) is 6.54 Å². The summed E-state index contributed by atoms with van der Waals surface area (Å²) in [5, 5.41) is 5.73. The van der Waals surface area contributed by atoms with Gasteiger partial charge in [0.05, 0.1) is 0 Å².